The lowest BCUT2D eigenvalue weighted by atomic mass is 9.93. The number of H-pyrrole nitrogens is 1. The van der Waals surface area contributed by atoms with Crippen molar-refractivity contribution in [2.75, 3.05) is 20.3 Å². The zero-order chi connectivity index (χ0) is 35.5. The maximum atomic E-state index is 15.1. The number of nitrogens with one attached hydrogen (secondary N) is 1. The summed E-state index contributed by atoms with van der Waals surface area (Å²) < 4.78 is 75.6. The number of rotatable bonds is 15. The summed E-state index contributed by atoms with van der Waals surface area (Å²) in [7, 11) is -5.16. The Hall–Kier alpha value is -3.39. The standard InChI is InChI=1S/C26H39FN3O16P/c1-13(2)17(28)18(32)44-26-19(25(26,10-27)45-20(24(26,7)36)30-9-8-16(31)29-21(30)33)46-47(37,40-11-38-22(34)42-14(3)4)41-12-39-23(35)43-15(5)6/h8-9,13-15,17,19-20,36H,10-12,28H2,1-7H3,(H,29,31,33)/t17?,19?,20-,24+,25-,26-/m1/s1. The van der Waals surface area contributed by atoms with E-state index in [9.17, 15) is 33.6 Å². The quantitative estimate of drug-likeness (QED) is 0.101. The molecule has 2 heterocycles. The summed E-state index contributed by atoms with van der Waals surface area (Å²) >= 11 is 0. The van der Waals surface area contributed by atoms with Gasteiger partial charge in [0.25, 0.3) is 5.56 Å². The zero-order valence-corrected chi connectivity index (χ0v) is 27.6. The molecule has 4 N–H and O–H groups in total. The fourth-order valence-electron chi connectivity index (χ4n) is 4.79. The molecular weight excluding hydrogens is 660 g/mol. The number of nitrogens with two attached hydrogens (primary N) is 1. The Morgan fingerprint density at radius 2 is 1.60 bits per heavy atom. The monoisotopic (exact) mass is 699 g/mol. The largest absolute Gasteiger partial charge is 0.510 e. The minimum absolute atomic E-state index is 0.523. The number of hydrogen-bond donors (Lipinski definition) is 3. The van der Waals surface area contributed by atoms with Crippen LogP contribution in [0.15, 0.2) is 21.9 Å². The third-order valence-electron chi connectivity index (χ3n) is 7.12. The Kier molecular flexibility index (Phi) is 11.7. The number of aromatic amines is 1. The van der Waals surface area contributed by atoms with E-state index in [0.29, 0.717) is 4.57 Å². The van der Waals surface area contributed by atoms with Crippen molar-refractivity contribution in [3.05, 3.63) is 33.1 Å². The van der Waals surface area contributed by atoms with Gasteiger partial charge in [-0.3, -0.25) is 23.7 Å². The van der Waals surface area contributed by atoms with E-state index >= 15 is 4.39 Å². The molecule has 0 bridgehead atoms. The van der Waals surface area contributed by atoms with Gasteiger partial charge in [0, 0.05) is 12.3 Å². The molecule has 1 aromatic heterocycles. The number of esters is 1. The highest BCUT2D eigenvalue weighted by atomic mass is 31.2. The first-order valence-electron chi connectivity index (χ1n) is 14.3. The molecule has 2 aliphatic rings. The van der Waals surface area contributed by atoms with Gasteiger partial charge >= 0.3 is 31.8 Å². The molecule has 47 heavy (non-hydrogen) atoms. The van der Waals surface area contributed by atoms with E-state index in [1.807, 2.05) is 4.98 Å². The van der Waals surface area contributed by atoms with Crippen LogP contribution in [0.25, 0.3) is 0 Å². The van der Waals surface area contributed by atoms with Gasteiger partial charge in [-0.1, -0.05) is 13.8 Å². The van der Waals surface area contributed by atoms with E-state index in [1.54, 1.807) is 13.8 Å². The van der Waals surface area contributed by atoms with Gasteiger partial charge in [-0.2, -0.15) is 0 Å². The van der Waals surface area contributed by atoms with Crippen LogP contribution in [0, 0.1) is 5.92 Å². The minimum atomic E-state index is -5.16. The number of carbonyl (C=O) groups excluding carboxylic acids is 3. The van der Waals surface area contributed by atoms with Gasteiger partial charge in [-0.05, 0) is 40.5 Å². The number of ether oxygens (including phenoxy) is 6. The molecule has 1 saturated heterocycles. The van der Waals surface area contributed by atoms with E-state index in [4.69, 9.17) is 47.7 Å². The number of carbonyl (C=O) groups is 3. The van der Waals surface area contributed by atoms with E-state index in [0.717, 1.165) is 19.2 Å². The van der Waals surface area contributed by atoms with Crippen molar-refractivity contribution < 1.29 is 70.4 Å². The predicted octanol–water partition coefficient (Wildman–Crippen LogP) is 1.37. The summed E-state index contributed by atoms with van der Waals surface area (Å²) in [4.78, 5) is 63.1. The van der Waals surface area contributed by atoms with Crippen molar-refractivity contribution in [2.24, 2.45) is 11.7 Å². The van der Waals surface area contributed by atoms with Crippen LogP contribution in [0.4, 0.5) is 14.0 Å². The van der Waals surface area contributed by atoms with Gasteiger partial charge in [0.05, 0.1) is 12.2 Å². The van der Waals surface area contributed by atoms with Crippen molar-refractivity contribution in [3.63, 3.8) is 0 Å². The summed E-state index contributed by atoms with van der Waals surface area (Å²) in [5.74, 6) is -1.69. The molecule has 0 aromatic carbocycles. The summed E-state index contributed by atoms with van der Waals surface area (Å²) in [5, 5.41) is 11.9. The second-order valence-electron chi connectivity index (χ2n) is 11.6. The number of hydrogen-bond acceptors (Lipinski definition) is 17. The third-order valence-corrected chi connectivity index (χ3v) is 8.43. The Balaban J connectivity index is 2.01. The summed E-state index contributed by atoms with van der Waals surface area (Å²) in [6.45, 7) is 6.32. The highest BCUT2D eigenvalue weighted by Crippen LogP contribution is 2.73. The number of aromatic nitrogens is 2. The van der Waals surface area contributed by atoms with E-state index < -0.39 is 111 Å². The SMILES string of the molecule is CC(C)OC(=O)OCOP(=O)(OCOC(=O)OC(C)C)OC1[C@@]2(OC(=O)C(N)C(C)C)[C@@](C)(O)[C@H](n3ccc(=O)[nH]c3=O)O[C@]12CF. The first-order chi connectivity index (χ1) is 21.8. The predicted molar refractivity (Wildman–Crippen MR) is 152 cm³/mol. The second kappa shape index (κ2) is 14.4. The van der Waals surface area contributed by atoms with Crippen molar-refractivity contribution >= 4 is 26.1 Å². The first-order valence-corrected chi connectivity index (χ1v) is 15.7. The first kappa shape index (κ1) is 38.1. The fourth-order valence-corrected chi connectivity index (χ4v) is 5.92. The molecule has 19 nitrogen and oxygen atoms in total. The van der Waals surface area contributed by atoms with Crippen molar-refractivity contribution in [1.29, 1.82) is 0 Å². The topological polar surface area (TPSA) is 252 Å². The third kappa shape index (κ3) is 7.69. The van der Waals surface area contributed by atoms with Gasteiger partial charge in [-0.25, -0.2) is 32.4 Å². The normalized spacial score (nSPS) is 27.3. The minimum Gasteiger partial charge on any atom is -0.448 e. The van der Waals surface area contributed by atoms with Crippen molar-refractivity contribution in [1.82, 2.24) is 9.55 Å². The summed E-state index contributed by atoms with van der Waals surface area (Å²) in [6.07, 6.45) is -6.61. The molecule has 266 valence electrons. The molecule has 6 atom stereocenters. The maximum absolute atomic E-state index is 15.1. The lowest BCUT2D eigenvalue weighted by Gasteiger charge is -2.35. The van der Waals surface area contributed by atoms with Crippen LogP contribution < -0.4 is 17.0 Å². The molecule has 1 saturated carbocycles. The number of alkyl halides is 1. The van der Waals surface area contributed by atoms with Crippen LogP contribution in [-0.2, 0) is 51.4 Å². The van der Waals surface area contributed by atoms with Crippen LogP contribution in [0.3, 0.4) is 0 Å². The van der Waals surface area contributed by atoms with Gasteiger partial charge < -0.3 is 39.3 Å². The van der Waals surface area contributed by atoms with Crippen LogP contribution in [0.2, 0.25) is 0 Å². The number of phosphoric ester groups is 1. The van der Waals surface area contributed by atoms with Gasteiger partial charge in [0.15, 0.2) is 23.5 Å². The van der Waals surface area contributed by atoms with Crippen LogP contribution in [0.5, 0.6) is 0 Å². The molecule has 1 aliphatic heterocycles. The molecule has 21 heteroatoms. The molecule has 3 rings (SSSR count). The highest BCUT2D eigenvalue weighted by molar-refractivity contribution is 7.48. The maximum Gasteiger partial charge on any atom is 0.510 e. The highest BCUT2D eigenvalue weighted by Gasteiger charge is 2.96. The smallest absolute Gasteiger partial charge is 0.448 e. The fraction of sp³-hybridized carbons (Fsp3) is 0.731. The lowest BCUT2D eigenvalue weighted by molar-refractivity contribution is -0.191. The Morgan fingerprint density at radius 3 is 2.04 bits per heavy atom. The molecule has 1 aliphatic carbocycles. The Morgan fingerprint density at radius 1 is 1.06 bits per heavy atom. The summed E-state index contributed by atoms with van der Waals surface area (Å²) in [6, 6.07) is -0.410. The number of fused-ring (bicyclic) bond motifs is 1. The summed E-state index contributed by atoms with van der Waals surface area (Å²) in [5.41, 5.74) is -3.61. The lowest BCUT2D eigenvalue weighted by Crippen LogP contribution is -2.55. The van der Waals surface area contributed by atoms with Gasteiger partial charge in [0.1, 0.15) is 12.7 Å². The van der Waals surface area contributed by atoms with E-state index in [1.165, 1.54) is 27.7 Å². The van der Waals surface area contributed by atoms with Crippen LogP contribution in [-0.4, -0.2) is 94.4 Å². The number of halogens is 1. The van der Waals surface area contributed by atoms with Crippen molar-refractivity contribution in [3.8, 4) is 0 Å². The molecule has 0 amide bonds. The molecule has 1 aromatic rings. The Labute approximate surface area is 267 Å². The molecule has 0 spiro atoms. The molecule has 2 unspecified atom stereocenters. The van der Waals surface area contributed by atoms with Crippen molar-refractivity contribution in [2.45, 2.75) is 95.9 Å². The van der Waals surface area contributed by atoms with Gasteiger partial charge in [0.2, 0.25) is 19.2 Å². The Bertz CT molecular complexity index is 1450. The second-order valence-corrected chi connectivity index (χ2v) is 13.3. The number of aliphatic hydroxyl groups is 1. The average Bonchev–Trinajstić information content (AvgIpc) is 3.41. The van der Waals surface area contributed by atoms with E-state index in [2.05, 4.69) is 0 Å². The van der Waals surface area contributed by atoms with Crippen LogP contribution >= 0.6 is 7.82 Å². The molecule has 2 fully saturated rings. The average molecular weight is 700 g/mol. The van der Waals surface area contributed by atoms with Crippen LogP contribution in [0.1, 0.15) is 54.7 Å². The van der Waals surface area contributed by atoms with Gasteiger partial charge in [-0.15, -0.1) is 0 Å². The van der Waals surface area contributed by atoms with E-state index in [-0.39, 0.29) is 0 Å². The number of nitrogens with zero attached hydrogens (tertiary/aromatic N) is 1. The zero-order valence-electron chi connectivity index (χ0n) is 26.7. The number of phosphoric acid groups is 1. The molecular formula is C26H39FN3O16P. The molecule has 0 radical (unpaired) electrons.